The summed E-state index contributed by atoms with van der Waals surface area (Å²) in [5.74, 6) is 3.02. The Hall–Kier alpha value is -3.80. The van der Waals surface area contributed by atoms with E-state index in [1.165, 1.54) is 0 Å². The van der Waals surface area contributed by atoms with Crippen molar-refractivity contribution in [2.24, 2.45) is 0 Å². The van der Waals surface area contributed by atoms with E-state index in [0.29, 0.717) is 19.6 Å². The van der Waals surface area contributed by atoms with Crippen LogP contribution in [0.25, 0.3) is 16.7 Å². The van der Waals surface area contributed by atoms with Crippen LogP contribution >= 0.6 is 0 Å². The average Bonchev–Trinajstić information content (AvgIpc) is 3.48. The molecule has 0 bridgehead atoms. The van der Waals surface area contributed by atoms with E-state index < -0.39 is 0 Å². The molecule has 1 N–H and O–H groups in total. The second-order valence-electron chi connectivity index (χ2n) is 8.85. The van der Waals surface area contributed by atoms with Crippen molar-refractivity contribution in [3.63, 3.8) is 0 Å². The van der Waals surface area contributed by atoms with Gasteiger partial charge in [-0.25, -0.2) is 4.98 Å². The Morgan fingerprint density at radius 1 is 1.06 bits per heavy atom. The van der Waals surface area contributed by atoms with Gasteiger partial charge in [0, 0.05) is 35.2 Å². The van der Waals surface area contributed by atoms with Crippen LogP contribution in [0.5, 0.6) is 11.5 Å². The molecule has 0 saturated carbocycles. The van der Waals surface area contributed by atoms with E-state index in [-0.39, 0.29) is 17.7 Å². The summed E-state index contributed by atoms with van der Waals surface area (Å²) in [5, 5.41) is 3.61. The lowest BCUT2D eigenvalue weighted by atomic mass is 9.96. The number of rotatable bonds is 5. The van der Waals surface area contributed by atoms with Gasteiger partial charge in [-0.2, -0.15) is 0 Å². The maximum absolute atomic E-state index is 11.5. The highest BCUT2D eigenvalue weighted by molar-refractivity contribution is 5.79. The van der Waals surface area contributed by atoms with Crippen molar-refractivity contribution in [2.75, 3.05) is 18.5 Å². The Balaban J connectivity index is 1.30. The van der Waals surface area contributed by atoms with Gasteiger partial charge in [0.15, 0.2) is 0 Å². The minimum atomic E-state index is 0.0301. The quantitative estimate of drug-likeness (QED) is 0.455. The maximum Gasteiger partial charge on any atom is 0.148 e. The standard InChI is InChI=1S/C27H25N3O3/c1-16(31)12-18-14-32-26-13-19(10-11-20(18)26)29-23-15-33-27-21(23)6-5-9-25(27)30-17(2)28-22-7-3-4-8-24(22)30/h3-11,13,18,23,29H,12,14-15H2,1-2H3. The molecule has 6 nitrogen and oxygen atoms in total. The second kappa shape index (κ2) is 7.66. The Morgan fingerprint density at radius 3 is 2.82 bits per heavy atom. The summed E-state index contributed by atoms with van der Waals surface area (Å²) in [4.78, 5) is 16.3. The highest BCUT2D eigenvalue weighted by Gasteiger charge is 2.29. The number of carbonyl (C=O) groups is 1. The molecule has 2 aliphatic heterocycles. The molecule has 0 radical (unpaired) electrons. The Kier molecular flexibility index (Phi) is 4.61. The zero-order valence-corrected chi connectivity index (χ0v) is 18.7. The Labute approximate surface area is 192 Å². The monoisotopic (exact) mass is 439 g/mol. The van der Waals surface area contributed by atoms with Gasteiger partial charge >= 0.3 is 0 Å². The molecule has 0 fully saturated rings. The van der Waals surface area contributed by atoms with Gasteiger partial charge < -0.3 is 19.6 Å². The van der Waals surface area contributed by atoms with Crippen molar-refractivity contribution < 1.29 is 14.3 Å². The number of nitrogens with one attached hydrogen (secondary N) is 1. The smallest absolute Gasteiger partial charge is 0.148 e. The fourth-order valence-electron chi connectivity index (χ4n) is 5.06. The number of benzene rings is 3. The van der Waals surface area contributed by atoms with E-state index in [9.17, 15) is 4.79 Å². The number of nitrogens with zero attached hydrogens (tertiary/aromatic N) is 2. The number of anilines is 1. The van der Waals surface area contributed by atoms with Crippen molar-refractivity contribution >= 4 is 22.5 Å². The van der Waals surface area contributed by atoms with Gasteiger partial charge in [-0.05, 0) is 38.1 Å². The lowest BCUT2D eigenvalue weighted by Crippen LogP contribution is -2.11. The summed E-state index contributed by atoms with van der Waals surface area (Å²) in [7, 11) is 0. The molecule has 166 valence electrons. The first-order valence-electron chi connectivity index (χ1n) is 11.3. The van der Waals surface area contributed by atoms with Gasteiger partial charge in [0.1, 0.15) is 29.7 Å². The molecule has 2 unspecified atom stereocenters. The summed E-state index contributed by atoms with van der Waals surface area (Å²) in [6.45, 7) is 4.76. The number of fused-ring (bicyclic) bond motifs is 3. The van der Waals surface area contributed by atoms with E-state index in [1.54, 1.807) is 6.92 Å². The Morgan fingerprint density at radius 2 is 1.94 bits per heavy atom. The number of hydrogen-bond donors (Lipinski definition) is 1. The highest BCUT2D eigenvalue weighted by atomic mass is 16.5. The predicted molar refractivity (Wildman–Crippen MR) is 128 cm³/mol. The number of imidazole rings is 1. The third kappa shape index (κ3) is 3.33. The van der Waals surface area contributed by atoms with Gasteiger partial charge in [-0.15, -0.1) is 0 Å². The van der Waals surface area contributed by atoms with Gasteiger partial charge in [-0.1, -0.05) is 30.3 Å². The van der Waals surface area contributed by atoms with E-state index in [0.717, 1.165) is 50.9 Å². The molecule has 2 atom stereocenters. The second-order valence-corrected chi connectivity index (χ2v) is 8.85. The van der Waals surface area contributed by atoms with Gasteiger partial charge in [0.05, 0.1) is 29.4 Å². The summed E-state index contributed by atoms with van der Waals surface area (Å²) in [6, 6.07) is 20.6. The fraction of sp³-hybridized carbons (Fsp3) is 0.259. The van der Waals surface area contributed by atoms with Crippen LogP contribution in [-0.2, 0) is 4.79 Å². The molecule has 3 aromatic carbocycles. The highest BCUT2D eigenvalue weighted by Crippen LogP contribution is 2.42. The molecule has 2 aliphatic rings. The van der Waals surface area contributed by atoms with Crippen molar-refractivity contribution in [1.82, 2.24) is 9.55 Å². The molecule has 33 heavy (non-hydrogen) atoms. The Bertz CT molecular complexity index is 1390. The van der Waals surface area contributed by atoms with E-state index in [1.807, 2.05) is 31.2 Å². The lowest BCUT2D eigenvalue weighted by Gasteiger charge is -2.15. The van der Waals surface area contributed by atoms with E-state index in [4.69, 9.17) is 14.5 Å². The minimum absolute atomic E-state index is 0.0301. The first kappa shape index (κ1) is 19.9. The molecular weight excluding hydrogens is 414 g/mol. The molecule has 0 amide bonds. The number of aryl methyl sites for hydroxylation is 1. The molecule has 4 aromatic rings. The van der Waals surface area contributed by atoms with Crippen LogP contribution in [0.1, 0.15) is 42.3 Å². The lowest BCUT2D eigenvalue weighted by molar-refractivity contribution is -0.117. The topological polar surface area (TPSA) is 65.4 Å². The SMILES string of the molecule is CC(=O)CC1COc2cc(NC3COc4c3cccc4-n3c(C)nc4ccccc43)ccc21. The molecule has 0 spiro atoms. The van der Waals surface area contributed by atoms with Crippen LogP contribution < -0.4 is 14.8 Å². The number of para-hydroxylation sites is 3. The number of ketones is 1. The van der Waals surface area contributed by atoms with Crippen LogP contribution in [-0.4, -0.2) is 28.5 Å². The molecule has 3 heterocycles. The summed E-state index contributed by atoms with van der Waals surface area (Å²) in [5.41, 5.74) is 6.27. The first-order chi connectivity index (χ1) is 16.1. The third-order valence-corrected chi connectivity index (χ3v) is 6.53. The van der Waals surface area contributed by atoms with Crippen LogP contribution in [0.3, 0.4) is 0 Å². The van der Waals surface area contributed by atoms with Crippen LogP contribution in [0.2, 0.25) is 0 Å². The largest absolute Gasteiger partial charge is 0.493 e. The van der Waals surface area contributed by atoms with Crippen molar-refractivity contribution in [3.8, 4) is 17.2 Å². The van der Waals surface area contributed by atoms with Crippen LogP contribution in [0.4, 0.5) is 5.69 Å². The number of hydrogen-bond acceptors (Lipinski definition) is 5. The molecule has 0 aliphatic carbocycles. The predicted octanol–water partition coefficient (Wildman–Crippen LogP) is 5.33. The zero-order chi connectivity index (χ0) is 22.5. The molecule has 0 saturated heterocycles. The summed E-state index contributed by atoms with van der Waals surface area (Å²) in [6.07, 6.45) is 0.523. The summed E-state index contributed by atoms with van der Waals surface area (Å²) < 4.78 is 14.3. The first-order valence-corrected chi connectivity index (χ1v) is 11.3. The minimum Gasteiger partial charge on any atom is -0.493 e. The molecule has 6 heteroatoms. The van der Waals surface area contributed by atoms with Gasteiger partial charge in [-0.3, -0.25) is 4.57 Å². The maximum atomic E-state index is 11.5. The molecule has 6 rings (SSSR count). The number of ether oxygens (including phenoxy) is 2. The van der Waals surface area contributed by atoms with Gasteiger partial charge in [0.2, 0.25) is 0 Å². The average molecular weight is 440 g/mol. The number of carbonyl (C=O) groups excluding carboxylic acids is 1. The summed E-state index contributed by atoms with van der Waals surface area (Å²) >= 11 is 0. The van der Waals surface area contributed by atoms with E-state index in [2.05, 4.69) is 46.3 Å². The molecular formula is C27H25N3O3. The van der Waals surface area contributed by atoms with Crippen LogP contribution in [0, 0.1) is 6.92 Å². The normalized spacial score (nSPS) is 18.5. The van der Waals surface area contributed by atoms with Crippen molar-refractivity contribution in [2.45, 2.75) is 32.2 Å². The zero-order valence-electron chi connectivity index (χ0n) is 18.7. The number of aromatic nitrogens is 2. The van der Waals surface area contributed by atoms with Gasteiger partial charge in [0.25, 0.3) is 0 Å². The third-order valence-electron chi connectivity index (χ3n) is 6.53. The van der Waals surface area contributed by atoms with Crippen LogP contribution in [0.15, 0.2) is 60.7 Å². The van der Waals surface area contributed by atoms with E-state index >= 15 is 0 Å². The van der Waals surface area contributed by atoms with Crippen molar-refractivity contribution in [3.05, 3.63) is 77.6 Å². The molecule has 1 aromatic heterocycles. The van der Waals surface area contributed by atoms with Crippen molar-refractivity contribution in [1.29, 1.82) is 0 Å². The number of Topliss-reactive ketones (excluding diaryl/α,β-unsaturated/α-hetero) is 1. The fourth-order valence-corrected chi connectivity index (χ4v) is 5.06.